The van der Waals surface area contributed by atoms with Gasteiger partial charge in [0.1, 0.15) is 0 Å². The molecule has 0 aliphatic rings. The van der Waals surface area contributed by atoms with Gasteiger partial charge < -0.3 is 19.2 Å². The van der Waals surface area contributed by atoms with Gasteiger partial charge in [-0.15, -0.1) is 0 Å². The summed E-state index contributed by atoms with van der Waals surface area (Å²) in [4.78, 5) is 12.2. The number of ether oxygens (including phenoxy) is 2. The molecule has 1 amide bonds. The van der Waals surface area contributed by atoms with Gasteiger partial charge in [0.2, 0.25) is 0 Å². The quantitative estimate of drug-likeness (QED) is 0.814. The Hall–Kier alpha value is -2.43. The van der Waals surface area contributed by atoms with Crippen molar-refractivity contribution in [1.82, 2.24) is 5.32 Å². The van der Waals surface area contributed by atoms with E-state index in [0.29, 0.717) is 36.8 Å². The first-order valence-corrected chi connectivity index (χ1v) is 7.43. The summed E-state index contributed by atoms with van der Waals surface area (Å²) in [5.74, 6) is 1.11. The van der Waals surface area contributed by atoms with Gasteiger partial charge in [0, 0.05) is 12.1 Å². The van der Waals surface area contributed by atoms with Gasteiger partial charge in [-0.05, 0) is 50.1 Å². The molecule has 2 aromatic rings. The molecule has 1 aromatic heterocycles. The minimum absolute atomic E-state index is 0.132. The first-order valence-electron chi connectivity index (χ1n) is 7.43. The van der Waals surface area contributed by atoms with Gasteiger partial charge in [0.15, 0.2) is 11.5 Å². The van der Waals surface area contributed by atoms with Gasteiger partial charge in [-0.2, -0.15) is 0 Å². The molecule has 0 saturated heterocycles. The number of hydrogen-bond donors (Lipinski definition) is 1. The lowest BCUT2D eigenvalue weighted by molar-refractivity contribution is 0.0953. The van der Waals surface area contributed by atoms with E-state index in [1.807, 2.05) is 19.9 Å². The van der Waals surface area contributed by atoms with E-state index >= 15 is 0 Å². The van der Waals surface area contributed by atoms with Crippen LogP contribution < -0.4 is 14.8 Å². The maximum absolute atomic E-state index is 12.2. The van der Waals surface area contributed by atoms with Gasteiger partial charge in [0.05, 0.1) is 25.7 Å². The van der Waals surface area contributed by atoms with Gasteiger partial charge in [-0.25, -0.2) is 0 Å². The summed E-state index contributed by atoms with van der Waals surface area (Å²) in [7, 11) is 0. The van der Waals surface area contributed by atoms with Gasteiger partial charge in [-0.1, -0.05) is 0 Å². The van der Waals surface area contributed by atoms with Crippen LogP contribution in [0.2, 0.25) is 0 Å². The standard InChI is InChI=1S/C17H21NO4/c1-3-21-15-6-5-14(11-16(15)22-4-2)17(19)18-9-7-13-8-10-20-12-13/h5-6,8,10-12H,3-4,7,9H2,1-2H3,(H,18,19). The molecule has 2 rings (SSSR count). The van der Waals surface area contributed by atoms with Crippen molar-refractivity contribution in [2.24, 2.45) is 0 Å². The van der Waals surface area contributed by atoms with Crippen LogP contribution >= 0.6 is 0 Å². The van der Waals surface area contributed by atoms with Gasteiger partial charge in [-0.3, -0.25) is 4.79 Å². The molecule has 0 unspecified atom stereocenters. The SMILES string of the molecule is CCOc1ccc(C(=O)NCCc2ccoc2)cc1OCC. The Labute approximate surface area is 130 Å². The summed E-state index contributed by atoms with van der Waals surface area (Å²) in [6, 6.07) is 7.10. The molecular formula is C17H21NO4. The highest BCUT2D eigenvalue weighted by Gasteiger charge is 2.11. The van der Waals surface area contributed by atoms with E-state index in [4.69, 9.17) is 13.9 Å². The van der Waals surface area contributed by atoms with E-state index in [0.717, 1.165) is 12.0 Å². The van der Waals surface area contributed by atoms with Crippen LogP contribution in [0.1, 0.15) is 29.8 Å². The number of carbonyl (C=O) groups is 1. The molecule has 0 fully saturated rings. The molecule has 0 atom stereocenters. The van der Waals surface area contributed by atoms with Crippen molar-refractivity contribution in [3.05, 3.63) is 47.9 Å². The highest BCUT2D eigenvalue weighted by atomic mass is 16.5. The molecule has 118 valence electrons. The highest BCUT2D eigenvalue weighted by Crippen LogP contribution is 2.28. The number of nitrogens with one attached hydrogen (secondary N) is 1. The molecule has 22 heavy (non-hydrogen) atoms. The molecule has 0 saturated carbocycles. The molecule has 5 nitrogen and oxygen atoms in total. The van der Waals surface area contributed by atoms with Crippen molar-refractivity contribution in [1.29, 1.82) is 0 Å². The summed E-state index contributed by atoms with van der Waals surface area (Å²) in [5, 5.41) is 2.88. The molecular weight excluding hydrogens is 282 g/mol. The van der Waals surface area contributed by atoms with Gasteiger partial charge >= 0.3 is 0 Å². The van der Waals surface area contributed by atoms with Crippen LogP contribution in [0, 0.1) is 0 Å². The second kappa shape index (κ2) is 8.12. The maximum Gasteiger partial charge on any atom is 0.251 e. The second-order valence-corrected chi connectivity index (χ2v) is 4.67. The van der Waals surface area contributed by atoms with Gasteiger partial charge in [0.25, 0.3) is 5.91 Å². The van der Waals surface area contributed by atoms with Crippen molar-refractivity contribution >= 4 is 5.91 Å². The monoisotopic (exact) mass is 303 g/mol. The lowest BCUT2D eigenvalue weighted by atomic mass is 10.1. The fraction of sp³-hybridized carbons (Fsp3) is 0.353. The Bertz CT molecular complexity index is 593. The Kier molecular flexibility index (Phi) is 5.89. The average molecular weight is 303 g/mol. The minimum atomic E-state index is -0.132. The number of amides is 1. The van der Waals surface area contributed by atoms with Crippen LogP contribution in [0.25, 0.3) is 0 Å². The molecule has 0 aliphatic heterocycles. The normalized spacial score (nSPS) is 10.3. The third kappa shape index (κ3) is 4.28. The summed E-state index contributed by atoms with van der Waals surface area (Å²) in [6.45, 7) is 5.43. The Morgan fingerprint density at radius 3 is 2.59 bits per heavy atom. The maximum atomic E-state index is 12.2. The van der Waals surface area contributed by atoms with Crippen LogP contribution in [-0.4, -0.2) is 25.7 Å². The molecule has 5 heteroatoms. The first-order chi connectivity index (χ1) is 10.7. The summed E-state index contributed by atoms with van der Waals surface area (Å²) < 4.78 is 16.0. The number of rotatable bonds is 8. The van der Waals surface area contributed by atoms with Crippen molar-refractivity contribution in [3.63, 3.8) is 0 Å². The fourth-order valence-corrected chi connectivity index (χ4v) is 2.05. The summed E-state index contributed by atoms with van der Waals surface area (Å²) in [5.41, 5.74) is 1.61. The topological polar surface area (TPSA) is 60.7 Å². The Morgan fingerprint density at radius 2 is 1.91 bits per heavy atom. The molecule has 0 bridgehead atoms. The zero-order chi connectivity index (χ0) is 15.8. The number of benzene rings is 1. The van der Waals surface area contributed by atoms with E-state index in [1.54, 1.807) is 30.7 Å². The largest absolute Gasteiger partial charge is 0.490 e. The fourth-order valence-electron chi connectivity index (χ4n) is 2.05. The van der Waals surface area contributed by atoms with E-state index in [-0.39, 0.29) is 5.91 Å². The smallest absolute Gasteiger partial charge is 0.251 e. The third-order valence-electron chi connectivity index (χ3n) is 3.08. The lowest BCUT2D eigenvalue weighted by Gasteiger charge is -2.12. The lowest BCUT2D eigenvalue weighted by Crippen LogP contribution is -2.25. The number of carbonyl (C=O) groups excluding carboxylic acids is 1. The van der Waals surface area contributed by atoms with Crippen molar-refractivity contribution in [2.45, 2.75) is 20.3 Å². The predicted octanol–water partition coefficient (Wildman–Crippen LogP) is 3.05. The molecule has 1 heterocycles. The van der Waals surface area contributed by atoms with Crippen LogP contribution in [-0.2, 0) is 6.42 Å². The molecule has 0 spiro atoms. The van der Waals surface area contributed by atoms with Crippen LogP contribution in [0.5, 0.6) is 11.5 Å². The van der Waals surface area contributed by atoms with Crippen molar-refractivity contribution in [3.8, 4) is 11.5 Å². The van der Waals surface area contributed by atoms with E-state index in [9.17, 15) is 4.79 Å². The van der Waals surface area contributed by atoms with E-state index < -0.39 is 0 Å². The summed E-state index contributed by atoms with van der Waals surface area (Å²) >= 11 is 0. The zero-order valence-corrected chi connectivity index (χ0v) is 12.9. The summed E-state index contributed by atoms with van der Waals surface area (Å²) in [6.07, 6.45) is 4.03. The second-order valence-electron chi connectivity index (χ2n) is 4.67. The van der Waals surface area contributed by atoms with E-state index in [1.165, 1.54) is 0 Å². The number of hydrogen-bond acceptors (Lipinski definition) is 4. The highest BCUT2D eigenvalue weighted by molar-refractivity contribution is 5.94. The van der Waals surface area contributed by atoms with Crippen LogP contribution in [0.4, 0.5) is 0 Å². The number of furan rings is 1. The Morgan fingerprint density at radius 1 is 1.14 bits per heavy atom. The molecule has 0 radical (unpaired) electrons. The molecule has 1 aromatic carbocycles. The van der Waals surface area contributed by atoms with Crippen LogP contribution in [0.15, 0.2) is 41.2 Å². The third-order valence-corrected chi connectivity index (χ3v) is 3.08. The van der Waals surface area contributed by atoms with Crippen molar-refractivity contribution < 1.29 is 18.7 Å². The molecule has 0 aliphatic carbocycles. The Balaban J connectivity index is 1.97. The molecule has 1 N–H and O–H groups in total. The zero-order valence-electron chi connectivity index (χ0n) is 12.9. The van der Waals surface area contributed by atoms with E-state index in [2.05, 4.69) is 5.32 Å². The first kappa shape index (κ1) is 15.9. The van der Waals surface area contributed by atoms with Crippen molar-refractivity contribution in [2.75, 3.05) is 19.8 Å². The predicted molar refractivity (Wildman–Crippen MR) is 83.5 cm³/mol. The van der Waals surface area contributed by atoms with Crippen LogP contribution in [0.3, 0.4) is 0 Å². The average Bonchev–Trinajstić information content (AvgIpc) is 3.02. The minimum Gasteiger partial charge on any atom is -0.490 e.